The van der Waals surface area contributed by atoms with Crippen molar-refractivity contribution in [3.05, 3.63) is 47.5 Å². The van der Waals surface area contributed by atoms with E-state index in [1.165, 1.54) is 36.7 Å². The van der Waals surface area contributed by atoms with Crippen molar-refractivity contribution in [3.8, 4) is 23.0 Å². The van der Waals surface area contributed by atoms with E-state index < -0.39 is 25.2 Å². The van der Waals surface area contributed by atoms with Crippen LogP contribution in [0.3, 0.4) is 0 Å². The highest BCUT2D eigenvalue weighted by atomic mass is 16.5. The van der Waals surface area contributed by atoms with Gasteiger partial charge in [0.2, 0.25) is 0 Å². The van der Waals surface area contributed by atoms with E-state index >= 15 is 0 Å². The van der Waals surface area contributed by atoms with E-state index in [4.69, 9.17) is 19.7 Å². The average molecular weight is 416 g/mol. The molecule has 0 aliphatic heterocycles. The predicted octanol–water partition coefficient (Wildman–Crippen LogP) is 1.56. The number of aliphatic carboxylic acids is 2. The van der Waals surface area contributed by atoms with E-state index in [-0.39, 0.29) is 23.0 Å². The molecule has 2 rings (SSSR count). The van der Waals surface area contributed by atoms with Gasteiger partial charge in [0.05, 0.1) is 13.1 Å². The van der Waals surface area contributed by atoms with Crippen LogP contribution < -0.4 is 9.47 Å². The molecular formula is C20H20N2O8. The molecule has 10 heteroatoms. The zero-order chi connectivity index (χ0) is 21.9. The van der Waals surface area contributed by atoms with Gasteiger partial charge in [0.15, 0.2) is 13.2 Å². The average Bonchev–Trinajstić information content (AvgIpc) is 2.69. The monoisotopic (exact) mass is 416 g/mol. The van der Waals surface area contributed by atoms with E-state index in [0.29, 0.717) is 24.2 Å². The van der Waals surface area contributed by atoms with E-state index in [9.17, 15) is 19.8 Å². The van der Waals surface area contributed by atoms with Crippen molar-refractivity contribution >= 4 is 24.4 Å². The SMILES string of the molecule is O=C(O)COc1ccc(C=NCCN=Cc2ccc(OCC(=O)O)cc2O)c(O)c1. The number of benzene rings is 2. The van der Waals surface area contributed by atoms with Gasteiger partial charge in [-0.2, -0.15) is 0 Å². The fourth-order valence-corrected chi connectivity index (χ4v) is 2.18. The van der Waals surface area contributed by atoms with Gasteiger partial charge < -0.3 is 29.9 Å². The Kier molecular flexibility index (Phi) is 8.18. The van der Waals surface area contributed by atoms with Crippen molar-refractivity contribution in [2.45, 2.75) is 0 Å². The molecule has 0 heterocycles. The smallest absolute Gasteiger partial charge is 0.341 e. The fraction of sp³-hybridized carbons (Fsp3) is 0.200. The van der Waals surface area contributed by atoms with Crippen LogP contribution in [0.25, 0.3) is 0 Å². The standard InChI is InChI=1S/C20H20N2O8/c23-17-7-15(29-11-19(25)26)3-1-13(17)9-21-5-6-22-10-14-2-4-16(8-18(14)24)30-12-20(27)28/h1-4,7-10,23-24H,5-6,11-12H2,(H,25,26)(H,27,28). The Bertz CT molecular complexity index is 878. The third-order valence-corrected chi connectivity index (χ3v) is 3.55. The van der Waals surface area contributed by atoms with E-state index in [1.54, 1.807) is 12.1 Å². The summed E-state index contributed by atoms with van der Waals surface area (Å²) < 4.78 is 9.93. The summed E-state index contributed by atoms with van der Waals surface area (Å²) in [5.74, 6) is -1.96. The number of ether oxygens (including phenoxy) is 2. The zero-order valence-electron chi connectivity index (χ0n) is 15.8. The Hall–Kier alpha value is -4.08. The number of rotatable bonds is 11. The van der Waals surface area contributed by atoms with Crippen molar-refractivity contribution in [1.29, 1.82) is 0 Å². The minimum Gasteiger partial charge on any atom is -0.507 e. The Morgan fingerprint density at radius 3 is 1.50 bits per heavy atom. The van der Waals surface area contributed by atoms with E-state index in [0.717, 1.165) is 0 Å². The fourth-order valence-electron chi connectivity index (χ4n) is 2.18. The Balaban J connectivity index is 1.83. The van der Waals surface area contributed by atoms with Gasteiger partial charge in [-0.25, -0.2) is 9.59 Å². The minimum atomic E-state index is -1.11. The lowest BCUT2D eigenvalue weighted by Gasteiger charge is -2.05. The normalized spacial score (nSPS) is 11.1. The van der Waals surface area contributed by atoms with Crippen LogP contribution in [-0.4, -0.2) is 71.1 Å². The van der Waals surface area contributed by atoms with Crippen LogP contribution in [0.1, 0.15) is 11.1 Å². The predicted molar refractivity (Wildman–Crippen MR) is 107 cm³/mol. The highest BCUT2D eigenvalue weighted by Crippen LogP contribution is 2.23. The molecule has 4 N–H and O–H groups in total. The first-order chi connectivity index (χ1) is 14.3. The number of phenolic OH excluding ortho intramolecular Hbond substituents is 2. The Labute approximate surface area is 171 Å². The maximum atomic E-state index is 10.5. The number of carboxylic acids is 2. The first-order valence-electron chi connectivity index (χ1n) is 8.70. The molecule has 0 aliphatic rings. The summed E-state index contributed by atoms with van der Waals surface area (Å²) in [7, 11) is 0. The summed E-state index contributed by atoms with van der Waals surface area (Å²) in [5, 5.41) is 37.0. The molecule has 30 heavy (non-hydrogen) atoms. The number of phenols is 2. The first kappa shape index (κ1) is 22.2. The maximum Gasteiger partial charge on any atom is 0.341 e. The van der Waals surface area contributed by atoms with Crippen LogP contribution in [0.2, 0.25) is 0 Å². The minimum absolute atomic E-state index is 0.0970. The maximum absolute atomic E-state index is 10.5. The number of nitrogens with zero attached hydrogens (tertiary/aromatic N) is 2. The molecule has 2 aromatic rings. The van der Waals surface area contributed by atoms with Gasteiger partial charge in [-0.1, -0.05) is 0 Å². The van der Waals surface area contributed by atoms with Gasteiger partial charge in [0.1, 0.15) is 23.0 Å². The van der Waals surface area contributed by atoms with E-state index in [2.05, 4.69) is 9.98 Å². The largest absolute Gasteiger partial charge is 0.507 e. The molecule has 0 fully saturated rings. The molecule has 0 saturated carbocycles. The number of hydrogen-bond donors (Lipinski definition) is 4. The number of aliphatic imine (C=N–C) groups is 2. The highest BCUT2D eigenvalue weighted by Gasteiger charge is 2.05. The second kappa shape index (κ2) is 11.1. The topological polar surface area (TPSA) is 158 Å². The lowest BCUT2D eigenvalue weighted by Crippen LogP contribution is -2.09. The van der Waals surface area contributed by atoms with Crippen LogP contribution in [0.4, 0.5) is 0 Å². The van der Waals surface area contributed by atoms with Crippen molar-refractivity contribution in [2.24, 2.45) is 9.98 Å². The number of carbonyl (C=O) groups is 2. The molecule has 0 bridgehead atoms. The van der Waals surface area contributed by atoms with Crippen molar-refractivity contribution in [3.63, 3.8) is 0 Å². The summed E-state index contributed by atoms with van der Waals surface area (Å²) in [6.07, 6.45) is 2.91. The molecule has 0 aromatic heterocycles. The molecule has 10 nitrogen and oxygen atoms in total. The van der Waals surface area contributed by atoms with Crippen molar-refractivity contribution in [2.75, 3.05) is 26.3 Å². The van der Waals surface area contributed by atoms with Gasteiger partial charge in [0, 0.05) is 35.7 Å². The molecule has 0 unspecified atom stereocenters. The molecular weight excluding hydrogens is 396 g/mol. The van der Waals surface area contributed by atoms with E-state index in [1.807, 2.05) is 0 Å². The summed E-state index contributed by atoms with van der Waals surface area (Å²) in [6, 6.07) is 8.74. The third-order valence-electron chi connectivity index (χ3n) is 3.55. The number of aromatic hydroxyl groups is 2. The molecule has 0 atom stereocenters. The first-order valence-corrected chi connectivity index (χ1v) is 8.70. The molecule has 0 spiro atoms. The number of hydrogen-bond acceptors (Lipinski definition) is 8. The zero-order valence-corrected chi connectivity index (χ0v) is 15.8. The summed E-state index contributed by atoms with van der Waals surface area (Å²) in [6.45, 7) is -0.349. The number of carboxylic acid groups (broad SMARTS) is 2. The molecule has 2 aromatic carbocycles. The third kappa shape index (κ3) is 7.50. The van der Waals surface area contributed by atoms with Gasteiger partial charge >= 0.3 is 11.9 Å². The second-order valence-corrected chi connectivity index (χ2v) is 5.88. The Morgan fingerprint density at radius 1 is 0.767 bits per heavy atom. The van der Waals surface area contributed by atoms with Gasteiger partial charge in [-0.05, 0) is 24.3 Å². The van der Waals surface area contributed by atoms with Gasteiger partial charge in [-0.3, -0.25) is 9.98 Å². The summed E-state index contributed by atoms with van der Waals surface area (Å²) >= 11 is 0. The molecule has 0 aliphatic carbocycles. The molecule has 0 radical (unpaired) electrons. The molecule has 0 saturated heterocycles. The van der Waals surface area contributed by atoms with Crippen LogP contribution in [-0.2, 0) is 9.59 Å². The second-order valence-electron chi connectivity index (χ2n) is 5.88. The van der Waals surface area contributed by atoms with Crippen LogP contribution in [0.15, 0.2) is 46.4 Å². The van der Waals surface area contributed by atoms with Crippen LogP contribution in [0.5, 0.6) is 23.0 Å². The molecule has 0 amide bonds. The van der Waals surface area contributed by atoms with Crippen molar-refractivity contribution < 1.29 is 39.5 Å². The summed E-state index contributed by atoms with van der Waals surface area (Å²) in [4.78, 5) is 29.2. The van der Waals surface area contributed by atoms with Gasteiger partial charge in [0.25, 0.3) is 0 Å². The van der Waals surface area contributed by atoms with Gasteiger partial charge in [-0.15, -0.1) is 0 Å². The van der Waals surface area contributed by atoms with Crippen LogP contribution >= 0.6 is 0 Å². The lowest BCUT2D eigenvalue weighted by molar-refractivity contribution is -0.140. The quantitative estimate of drug-likeness (QED) is 0.317. The Morgan fingerprint density at radius 2 is 1.17 bits per heavy atom. The van der Waals surface area contributed by atoms with Crippen molar-refractivity contribution in [1.82, 2.24) is 0 Å². The molecule has 158 valence electrons. The van der Waals surface area contributed by atoms with Crippen LogP contribution in [0, 0.1) is 0 Å². The highest BCUT2D eigenvalue weighted by molar-refractivity contribution is 5.84. The summed E-state index contributed by atoms with van der Waals surface area (Å²) in [5.41, 5.74) is 0.882. The lowest BCUT2D eigenvalue weighted by atomic mass is 10.2.